The zero-order chi connectivity index (χ0) is 17.6. The number of ether oxygens (including phenoxy) is 1. The van der Waals surface area contributed by atoms with Gasteiger partial charge in [-0.2, -0.15) is 0 Å². The van der Waals surface area contributed by atoms with Crippen molar-refractivity contribution in [2.75, 3.05) is 11.9 Å². The lowest BCUT2D eigenvalue weighted by atomic mass is 10.0. The van der Waals surface area contributed by atoms with Gasteiger partial charge >= 0.3 is 0 Å². The van der Waals surface area contributed by atoms with E-state index in [1.165, 1.54) is 0 Å². The van der Waals surface area contributed by atoms with Crippen LogP contribution < -0.4 is 9.64 Å². The molecule has 1 aliphatic heterocycles. The summed E-state index contributed by atoms with van der Waals surface area (Å²) in [5.41, 5.74) is 3.67. The SMILES string of the molecule is Cc1ccc2c(c1)-c1onc(C(=O)N(C)c3ccc(Br)cc3)c1CO2. The molecule has 2 aromatic carbocycles. The first-order valence-electron chi connectivity index (χ1n) is 7.80. The van der Waals surface area contributed by atoms with Crippen LogP contribution in [0.4, 0.5) is 5.69 Å². The zero-order valence-corrected chi connectivity index (χ0v) is 15.3. The van der Waals surface area contributed by atoms with Crippen molar-refractivity contribution in [3.8, 4) is 17.1 Å². The van der Waals surface area contributed by atoms with E-state index in [4.69, 9.17) is 9.26 Å². The van der Waals surface area contributed by atoms with Gasteiger partial charge < -0.3 is 14.2 Å². The second kappa shape index (κ2) is 6.04. The van der Waals surface area contributed by atoms with E-state index in [1.807, 2.05) is 49.4 Å². The fourth-order valence-corrected chi connectivity index (χ4v) is 3.12. The Morgan fingerprint density at radius 1 is 1.20 bits per heavy atom. The fraction of sp³-hybridized carbons (Fsp3) is 0.158. The topological polar surface area (TPSA) is 55.6 Å². The number of hydrogen-bond donors (Lipinski definition) is 0. The van der Waals surface area contributed by atoms with Gasteiger partial charge in [0.05, 0.1) is 11.1 Å². The van der Waals surface area contributed by atoms with Crippen LogP contribution in [0.5, 0.6) is 5.75 Å². The second-order valence-electron chi connectivity index (χ2n) is 5.97. The highest BCUT2D eigenvalue weighted by Gasteiger charge is 2.30. The van der Waals surface area contributed by atoms with Gasteiger partial charge in [0.25, 0.3) is 5.91 Å². The van der Waals surface area contributed by atoms with Crippen LogP contribution in [0.25, 0.3) is 11.3 Å². The molecule has 0 atom stereocenters. The summed E-state index contributed by atoms with van der Waals surface area (Å²) in [6, 6.07) is 13.4. The van der Waals surface area contributed by atoms with Crippen LogP contribution in [0.1, 0.15) is 21.6 Å². The molecule has 0 N–H and O–H groups in total. The van der Waals surface area contributed by atoms with Crippen LogP contribution in [-0.4, -0.2) is 18.1 Å². The number of aryl methyl sites for hydroxylation is 1. The highest BCUT2D eigenvalue weighted by Crippen LogP contribution is 2.39. The standard InChI is InChI=1S/C19H15BrN2O3/c1-11-3-8-16-14(9-11)18-15(10-24-16)17(21-25-18)19(23)22(2)13-6-4-12(20)5-7-13/h3-9H,10H2,1-2H3. The number of rotatable bonds is 2. The fourth-order valence-electron chi connectivity index (χ4n) is 2.86. The van der Waals surface area contributed by atoms with Crippen molar-refractivity contribution < 1.29 is 14.1 Å². The number of amides is 1. The maximum absolute atomic E-state index is 12.9. The molecule has 0 aliphatic carbocycles. The lowest BCUT2D eigenvalue weighted by molar-refractivity contribution is 0.0982. The molecule has 25 heavy (non-hydrogen) atoms. The Morgan fingerprint density at radius 3 is 2.72 bits per heavy atom. The van der Waals surface area contributed by atoms with Crippen molar-refractivity contribution in [1.29, 1.82) is 0 Å². The molecule has 2 heterocycles. The predicted molar refractivity (Wildman–Crippen MR) is 97.9 cm³/mol. The zero-order valence-electron chi connectivity index (χ0n) is 13.7. The van der Waals surface area contributed by atoms with Crippen molar-refractivity contribution in [1.82, 2.24) is 5.16 Å². The van der Waals surface area contributed by atoms with E-state index in [-0.39, 0.29) is 18.2 Å². The summed E-state index contributed by atoms with van der Waals surface area (Å²) in [4.78, 5) is 14.4. The molecule has 1 aliphatic rings. The number of aromatic nitrogens is 1. The van der Waals surface area contributed by atoms with Gasteiger partial charge in [-0.25, -0.2) is 0 Å². The van der Waals surface area contributed by atoms with Crippen molar-refractivity contribution in [2.24, 2.45) is 0 Å². The molecule has 4 rings (SSSR count). The molecular weight excluding hydrogens is 384 g/mol. The van der Waals surface area contributed by atoms with Crippen LogP contribution in [0.3, 0.4) is 0 Å². The summed E-state index contributed by atoms with van der Waals surface area (Å²) in [5, 5.41) is 4.03. The van der Waals surface area contributed by atoms with E-state index in [0.29, 0.717) is 11.3 Å². The van der Waals surface area contributed by atoms with Gasteiger partial charge in [-0.05, 0) is 43.3 Å². The van der Waals surface area contributed by atoms with Gasteiger partial charge in [-0.15, -0.1) is 0 Å². The number of anilines is 1. The summed E-state index contributed by atoms with van der Waals surface area (Å²) in [5.74, 6) is 1.12. The van der Waals surface area contributed by atoms with E-state index < -0.39 is 0 Å². The lowest BCUT2D eigenvalue weighted by Gasteiger charge is -2.19. The van der Waals surface area contributed by atoms with Gasteiger partial charge in [0.1, 0.15) is 12.4 Å². The van der Waals surface area contributed by atoms with Crippen LogP contribution in [-0.2, 0) is 6.61 Å². The van der Waals surface area contributed by atoms with Crippen molar-refractivity contribution in [3.05, 3.63) is 63.8 Å². The first-order chi connectivity index (χ1) is 12.0. The number of benzene rings is 2. The van der Waals surface area contributed by atoms with Crippen LogP contribution >= 0.6 is 15.9 Å². The normalized spacial score (nSPS) is 12.1. The lowest BCUT2D eigenvalue weighted by Crippen LogP contribution is -2.27. The first kappa shape index (κ1) is 15.9. The molecular formula is C19H15BrN2O3. The number of nitrogens with zero attached hydrogens (tertiary/aromatic N) is 2. The van der Waals surface area contributed by atoms with E-state index >= 15 is 0 Å². The summed E-state index contributed by atoms with van der Waals surface area (Å²) in [7, 11) is 1.72. The van der Waals surface area contributed by atoms with E-state index in [9.17, 15) is 4.79 Å². The molecule has 126 valence electrons. The number of carbonyl (C=O) groups excluding carboxylic acids is 1. The number of halogens is 1. The summed E-state index contributed by atoms with van der Waals surface area (Å²) in [6.07, 6.45) is 0. The smallest absolute Gasteiger partial charge is 0.280 e. The number of fused-ring (bicyclic) bond motifs is 3. The van der Waals surface area contributed by atoms with Crippen LogP contribution in [0.15, 0.2) is 51.5 Å². The first-order valence-corrected chi connectivity index (χ1v) is 8.60. The molecule has 5 nitrogen and oxygen atoms in total. The van der Waals surface area contributed by atoms with E-state index in [2.05, 4.69) is 21.1 Å². The molecule has 0 saturated heterocycles. The molecule has 1 aromatic heterocycles. The maximum Gasteiger partial charge on any atom is 0.280 e. The van der Waals surface area contributed by atoms with Gasteiger partial charge in [0.15, 0.2) is 11.5 Å². The van der Waals surface area contributed by atoms with Gasteiger partial charge in [0.2, 0.25) is 0 Å². The van der Waals surface area contributed by atoms with Gasteiger partial charge in [-0.1, -0.05) is 32.7 Å². The van der Waals surface area contributed by atoms with Gasteiger partial charge in [0, 0.05) is 17.2 Å². The molecule has 0 unspecified atom stereocenters. The highest BCUT2D eigenvalue weighted by atomic mass is 79.9. The Kier molecular flexibility index (Phi) is 3.84. The molecule has 0 saturated carbocycles. The largest absolute Gasteiger partial charge is 0.488 e. The monoisotopic (exact) mass is 398 g/mol. The highest BCUT2D eigenvalue weighted by molar-refractivity contribution is 9.10. The van der Waals surface area contributed by atoms with E-state index in [0.717, 1.165) is 27.0 Å². The van der Waals surface area contributed by atoms with E-state index in [1.54, 1.807) is 11.9 Å². The minimum absolute atomic E-state index is 0.230. The average Bonchev–Trinajstić information content (AvgIpc) is 3.05. The van der Waals surface area contributed by atoms with Crippen molar-refractivity contribution >= 4 is 27.5 Å². The van der Waals surface area contributed by atoms with Gasteiger partial charge in [-0.3, -0.25) is 4.79 Å². The minimum atomic E-state index is -0.230. The molecule has 0 bridgehead atoms. The maximum atomic E-state index is 12.9. The third-order valence-corrected chi connectivity index (χ3v) is 4.79. The Morgan fingerprint density at radius 2 is 1.96 bits per heavy atom. The summed E-state index contributed by atoms with van der Waals surface area (Å²) in [6.45, 7) is 2.27. The molecule has 0 spiro atoms. The average molecular weight is 399 g/mol. The Balaban J connectivity index is 1.71. The Labute approximate surface area is 153 Å². The van der Waals surface area contributed by atoms with Crippen molar-refractivity contribution in [2.45, 2.75) is 13.5 Å². The number of carbonyl (C=O) groups is 1. The minimum Gasteiger partial charge on any atom is -0.488 e. The Bertz CT molecular complexity index is 963. The summed E-state index contributed by atoms with van der Waals surface area (Å²) < 4.78 is 12.2. The van der Waals surface area contributed by atoms with Crippen LogP contribution in [0.2, 0.25) is 0 Å². The van der Waals surface area contributed by atoms with Crippen molar-refractivity contribution in [3.63, 3.8) is 0 Å². The summed E-state index contributed by atoms with van der Waals surface area (Å²) >= 11 is 3.39. The quantitative estimate of drug-likeness (QED) is 0.633. The third kappa shape index (κ3) is 2.72. The molecule has 3 aromatic rings. The molecule has 0 fully saturated rings. The second-order valence-corrected chi connectivity index (χ2v) is 6.88. The molecule has 6 heteroatoms. The molecule has 1 amide bonds. The third-order valence-electron chi connectivity index (χ3n) is 4.26. The molecule has 0 radical (unpaired) electrons. The predicted octanol–water partition coefficient (Wildman–Crippen LogP) is 4.58. The number of hydrogen-bond acceptors (Lipinski definition) is 4. The van der Waals surface area contributed by atoms with Crippen LogP contribution in [0, 0.1) is 6.92 Å². The Hall–Kier alpha value is -2.60.